The van der Waals surface area contributed by atoms with E-state index in [1.165, 1.54) is 0 Å². The Bertz CT molecular complexity index is 146. The number of hydrogen-bond acceptors (Lipinski definition) is 3. The van der Waals surface area contributed by atoms with Crippen LogP contribution in [0.4, 0.5) is 0 Å². The Kier molecular flexibility index (Phi) is 2.22. The van der Waals surface area contributed by atoms with Crippen LogP contribution in [-0.4, -0.2) is 14.8 Å². The quantitative estimate of drug-likeness (QED) is 0.436. The summed E-state index contributed by atoms with van der Waals surface area (Å²) >= 11 is 0. The summed E-state index contributed by atoms with van der Waals surface area (Å²) in [6.07, 6.45) is 0.829. The van der Waals surface area contributed by atoms with Gasteiger partial charge >= 0.3 is 16.9 Å². The highest BCUT2D eigenvalue weighted by Gasteiger charge is 1.61. The third-order valence-corrected chi connectivity index (χ3v) is 0.335. The first kappa shape index (κ1) is 5.29. The first-order valence-corrected chi connectivity index (χ1v) is 1.98. The van der Waals surface area contributed by atoms with E-state index in [0.29, 0.717) is 0 Å². The molecule has 6 heavy (non-hydrogen) atoms. The highest BCUT2D eigenvalue weighted by atomic mass is 32.2. The summed E-state index contributed by atoms with van der Waals surface area (Å²) in [5, 5.41) is 0. The molecule has 5 heteroatoms. The van der Waals surface area contributed by atoms with E-state index in [0.717, 1.165) is 6.41 Å². The van der Waals surface area contributed by atoms with Gasteiger partial charge in [-0.2, -0.15) is 8.42 Å². The monoisotopic (exact) mass is 106 g/mol. The van der Waals surface area contributed by atoms with Crippen molar-refractivity contribution in [1.29, 1.82) is 0 Å². The lowest BCUT2D eigenvalue weighted by atomic mass is 11.5. The van der Waals surface area contributed by atoms with Crippen LogP contribution < -0.4 is 0 Å². The molecule has 0 atom stereocenters. The second-order valence-electron chi connectivity index (χ2n) is 0.400. The molecule has 0 saturated heterocycles. The molecule has 0 aliphatic rings. The number of hydrogen-bond donors (Lipinski definition) is 0. The van der Waals surface area contributed by atoms with Crippen LogP contribution in [0.2, 0.25) is 0 Å². The SMILES string of the molecule is O=[C]N=S(=O)=O. The van der Waals surface area contributed by atoms with Gasteiger partial charge in [0.05, 0.1) is 0 Å². The number of nitrogens with zero attached hydrogens (tertiary/aromatic N) is 1. The molecule has 33 valence electrons. The minimum atomic E-state index is -2.61. The largest absolute Gasteiger partial charge is 0.353 e. The molecule has 1 amide bonds. The van der Waals surface area contributed by atoms with E-state index in [4.69, 9.17) is 4.79 Å². The van der Waals surface area contributed by atoms with Gasteiger partial charge in [-0.15, -0.1) is 0 Å². The second kappa shape index (κ2) is 2.52. The molecular formula is CNO3S. The van der Waals surface area contributed by atoms with E-state index in [9.17, 15) is 8.42 Å². The summed E-state index contributed by atoms with van der Waals surface area (Å²) in [5.74, 6) is 0. The third-order valence-electron chi connectivity index (χ3n) is 0.112. The maximum absolute atomic E-state index is 9.17. The Labute approximate surface area is 35.5 Å². The smallest absolute Gasteiger partial charge is 0.260 e. The van der Waals surface area contributed by atoms with Crippen LogP contribution in [0.25, 0.3) is 0 Å². The van der Waals surface area contributed by atoms with Gasteiger partial charge in [0.1, 0.15) is 0 Å². The molecule has 0 unspecified atom stereocenters. The average Bonchev–Trinajstić information content (AvgIpc) is 1.35. The standard InChI is InChI=1S/CNO3S/c3-1-2-6(4)5. The highest BCUT2D eigenvalue weighted by molar-refractivity contribution is 7.62. The Balaban J connectivity index is 4.17. The van der Waals surface area contributed by atoms with Gasteiger partial charge in [0.2, 0.25) is 0 Å². The van der Waals surface area contributed by atoms with Crippen LogP contribution >= 0.6 is 0 Å². The third kappa shape index (κ3) is 3.29. The summed E-state index contributed by atoms with van der Waals surface area (Å²) < 4.78 is 20.6. The van der Waals surface area contributed by atoms with Crippen molar-refractivity contribution in [2.24, 2.45) is 4.36 Å². The van der Waals surface area contributed by atoms with Gasteiger partial charge in [0.15, 0.2) is 0 Å². The number of amides is 1. The van der Waals surface area contributed by atoms with Gasteiger partial charge < -0.3 is 0 Å². The second-order valence-corrected chi connectivity index (χ2v) is 1.02. The van der Waals surface area contributed by atoms with E-state index in [2.05, 4.69) is 4.36 Å². The molecule has 0 aromatic rings. The van der Waals surface area contributed by atoms with E-state index < -0.39 is 10.5 Å². The first-order chi connectivity index (χ1) is 2.77. The summed E-state index contributed by atoms with van der Waals surface area (Å²) in [7, 11) is -2.61. The van der Waals surface area contributed by atoms with Gasteiger partial charge in [-0.3, -0.25) is 4.79 Å². The van der Waals surface area contributed by atoms with Gasteiger partial charge in [0.25, 0.3) is 0 Å². The Morgan fingerprint density at radius 2 is 2.00 bits per heavy atom. The molecule has 0 rings (SSSR count). The fourth-order valence-corrected chi connectivity index (χ4v) is 0.0913. The minimum Gasteiger partial charge on any atom is -0.260 e. The van der Waals surface area contributed by atoms with Crippen LogP contribution in [0.1, 0.15) is 0 Å². The molecule has 0 aliphatic carbocycles. The van der Waals surface area contributed by atoms with Crippen LogP contribution in [0, 0.1) is 0 Å². The molecule has 1 radical (unpaired) electrons. The lowest BCUT2D eigenvalue weighted by molar-refractivity contribution is 0.557. The van der Waals surface area contributed by atoms with Crippen LogP contribution in [0.3, 0.4) is 0 Å². The predicted molar refractivity (Wildman–Crippen MR) is 17.0 cm³/mol. The molecule has 0 aliphatic heterocycles. The number of carbonyl (C=O) groups excluding carboxylic acids is 1. The lowest BCUT2D eigenvalue weighted by Crippen LogP contribution is -1.56. The topological polar surface area (TPSA) is 63.6 Å². The van der Waals surface area contributed by atoms with Crippen LogP contribution in [0.15, 0.2) is 4.36 Å². The van der Waals surface area contributed by atoms with E-state index in [1.807, 2.05) is 0 Å². The molecule has 0 fully saturated rings. The maximum Gasteiger partial charge on any atom is 0.353 e. The molecule has 0 heterocycles. The van der Waals surface area contributed by atoms with Gasteiger partial charge in [0, 0.05) is 0 Å². The van der Waals surface area contributed by atoms with Crippen molar-refractivity contribution >= 4 is 16.9 Å². The normalized spacial score (nSPS) is 6.67. The lowest BCUT2D eigenvalue weighted by Gasteiger charge is -1.40. The van der Waals surface area contributed by atoms with E-state index in [1.54, 1.807) is 0 Å². The molecule has 4 nitrogen and oxygen atoms in total. The Hall–Kier alpha value is -0.710. The predicted octanol–water partition coefficient (Wildman–Crippen LogP) is -0.884. The number of rotatable bonds is 1. The Morgan fingerprint density at radius 3 is 2.00 bits per heavy atom. The molecular weight excluding hydrogens is 106 g/mol. The van der Waals surface area contributed by atoms with E-state index >= 15 is 0 Å². The Morgan fingerprint density at radius 1 is 1.50 bits per heavy atom. The summed E-state index contributed by atoms with van der Waals surface area (Å²) in [4.78, 5) is 8.93. The van der Waals surface area contributed by atoms with Crippen molar-refractivity contribution in [1.82, 2.24) is 0 Å². The van der Waals surface area contributed by atoms with Gasteiger partial charge in [-0.25, -0.2) is 0 Å². The molecule has 0 saturated carbocycles. The molecule has 0 spiro atoms. The van der Waals surface area contributed by atoms with Crippen LogP contribution in [-0.2, 0) is 15.3 Å². The zero-order valence-electron chi connectivity index (χ0n) is 2.58. The first-order valence-electron chi connectivity index (χ1n) is 0.944. The zero-order valence-corrected chi connectivity index (χ0v) is 3.40. The van der Waals surface area contributed by atoms with Crippen molar-refractivity contribution in [3.8, 4) is 0 Å². The van der Waals surface area contributed by atoms with Crippen molar-refractivity contribution in [2.45, 2.75) is 0 Å². The zero-order chi connectivity index (χ0) is 4.99. The molecule has 0 aromatic heterocycles. The summed E-state index contributed by atoms with van der Waals surface area (Å²) in [5.41, 5.74) is 0. The van der Waals surface area contributed by atoms with Crippen molar-refractivity contribution < 1.29 is 13.2 Å². The maximum atomic E-state index is 9.17. The molecule has 0 N–H and O–H groups in total. The summed E-state index contributed by atoms with van der Waals surface area (Å²) in [6.45, 7) is 0. The van der Waals surface area contributed by atoms with Crippen LogP contribution in [0.5, 0.6) is 0 Å². The molecule has 0 aromatic carbocycles. The summed E-state index contributed by atoms with van der Waals surface area (Å²) in [6, 6.07) is 0. The fraction of sp³-hybridized carbons (Fsp3) is 0. The van der Waals surface area contributed by atoms with Crippen molar-refractivity contribution in [2.75, 3.05) is 0 Å². The van der Waals surface area contributed by atoms with Crippen molar-refractivity contribution in [3.05, 3.63) is 0 Å². The van der Waals surface area contributed by atoms with Gasteiger partial charge in [-0.1, -0.05) is 4.36 Å². The average molecular weight is 106 g/mol. The fourth-order valence-electron chi connectivity index (χ4n) is 0.0304. The minimum absolute atomic E-state index is 0.829. The molecule has 0 bridgehead atoms. The van der Waals surface area contributed by atoms with Gasteiger partial charge in [-0.05, 0) is 0 Å². The van der Waals surface area contributed by atoms with Crippen molar-refractivity contribution in [3.63, 3.8) is 0 Å². The van der Waals surface area contributed by atoms with E-state index in [-0.39, 0.29) is 0 Å². The highest BCUT2D eigenvalue weighted by Crippen LogP contribution is 1.45.